The van der Waals surface area contributed by atoms with Gasteiger partial charge in [0.2, 0.25) is 0 Å². The van der Waals surface area contributed by atoms with E-state index in [0.29, 0.717) is 12.8 Å². The van der Waals surface area contributed by atoms with Gasteiger partial charge >= 0.3 is 6.18 Å². The predicted molar refractivity (Wildman–Crippen MR) is 91.6 cm³/mol. The molecule has 2 rings (SSSR count). The van der Waals surface area contributed by atoms with Gasteiger partial charge in [-0.3, -0.25) is 9.78 Å². The second kappa shape index (κ2) is 7.86. The fourth-order valence-electron chi connectivity index (χ4n) is 2.43. The Labute approximate surface area is 150 Å². The lowest BCUT2D eigenvalue weighted by Gasteiger charge is -2.22. The van der Waals surface area contributed by atoms with Crippen molar-refractivity contribution in [1.29, 1.82) is 0 Å². The number of rotatable bonds is 6. The van der Waals surface area contributed by atoms with E-state index in [0.717, 1.165) is 11.8 Å². The smallest absolute Gasteiger partial charge is 0.390 e. The maximum Gasteiger partial charge on any atom is 0.412 e. The van der Waals surface area contributed by atoms with Gasteiger partial charge in [0.1, 0.15) is 0 Å². The average Bonchev–Trinajstić information content (AvgIpc) is 2.57. The highest BCUT2D eigenvalue weighted by Gasteiger charge is 2.42. The molecule has 0 bridgehead atoms. The van der Waals surface area contributed by atoms with Gasteiger partial charge in [-0.25, -0.2) is 0 Å². The largest absolute Gasteiger partial charge is 0.412 e. The van der Waals surface area contributed by atoms with Gasteiger partial charge in [0, 0.05) is 23.5 Å². The van der Waals surface area contributed by atoms with Crippen LogP contribution in [0.2, 0.25) is 0 Å². The lowest BCUT2D eigenvalue weighted by atomic mass is 9.97. The predicted octanol–water partition coefficient (Wildman–Crippen LogP) is 3.82. The summed E-state index contributed by atoms with van der Waals surface area (Å²) in [6.07, 6.45) is -1.21. The van der Waals surface area contributed by atoms with Crippen molar-refractivity contribution in [2.75, 3.05) is 0 Å². The zero-order valence-corrected chi connectivity index (χ0v) is 14.5. The Morgan fingerprint density at radius 1 is 1.23 bits per heavy atom. The first-order chi connectivity index (χ1) is 12.1. The van der Waals surface area contributed by atoms with Crippen molar-refractivity contribution in [3.8, 4) is 0 Å². The van der Waals surface area contributed by atoms with Gasteiger partial charge in [0.05, 0.1) is 5.60 Å². The molecule has 1 aromatic heterocycles. The van der Waals surface area contributed by atoms with Crippen LogP contribution in [0, 0.1) is 0 Å². The minimum absolute atomic E-state index is 0.133. The van der Waals surface area contributed by atoms with Crippen LogP contribution in [0.5, 0.6) is 0 Å². The number of hydrogen-bond donors (Lipinski definition) is 2. The number of nitrogens with one attached hydrogen (secondary N) is 1. The number of aromatic nitrogens is 1. The van der Waals surface area contributed by atoms with Crippen LogP contribution in [0.25, 0.3) is 0 Å². The third-order valence-electron chi connectivity index (χ3n) is 3.84. The molecule has 26 heavy (non-hydrogen) atoms. The van der Waals surface area contributed by atoms with E-state index >= 15 is 0 Å². The third kappa shape index (κ3) is 5.84. The number of benzene rings is 1. The lowest BCUT2D eigenvalue weighted by molar-refractivity contribution is -0.155. The van der Waals surface area contributed by atoms with Gasteiger partial charge in [-0.2, -0.15) is 13.2 Å². The number of carbonyl (C=O) groups excluding carboxylic acids is 1. The maximum atomic E-state index is 13.3. The van der Waals surface area contributed by atoms with E-state index in [2.05, 4.69) is 4.98 Å². The van der Waals surface area contributed by atoms with E-state index in [4.69, 9.17) is 0 Å². The molecular formula is C19H21F3N2O2. The Bertz CT molecular complexity index is 740. The van der Waals surface area contributed by atoms with E-state index in [1.165, 1.54) is 30.5 Å². The summed E-state index contributed by atoms with van der Waals surface area (Å²) >= 11 is 0. The molecule has 0 aliphatic rings. The number of alkyl halides is 3. The topological polar surface area (TPSA) is 62.2 Å². The van der Waals surface area contributed by atoms with Gasteiger partial charge in [0.15, 0.2) is 6.04 Å². The number of halogens is 3. The quantitative estimate of drug-likeness (QED) is 0.817. The summed E-state index contributed by atoms with van der Waals surface area (Å²) in [5.41, 5.74) is -0.0902. The monoisotopic (exact) mass is 366 g/mol. The molecule has 0 aliphatic carbocycles. The molecule has 0 saturated heterocycles. The molecule has 0 spiro atoms. The highest BCUT2D eigenvalue weighted by molar-refractivity contribution is 5.94. The zero-order chi connectivity index (χ0) is 19.4. The number of carbonyl (C=O) groups is 1. The number of pyridine rings is 1. The van der Waals surface area contributed by atoms with Gasteiger partial charge in [-0.1, -0.05) is 18.2 Å². The molecular weight excluding hydrogens is 345 g/mol. The molecule has 2 N–H and O–H groups in total. The average molecular weight is 366 g/mol. The normalized spacial score (nSPS) is 13.3. The Kier molecular flexibility index (Phi) is 6.02. The molecule has 0 saturated carbocycles. The first kappa shape index (κ1) is 19.9. The molecule has 1 aromatic carbocycles. The summed E-state index contributed by atoms with van der Waals surface area (Å²) in [5.74, 6) is -0.818. The molecule has 7 heteroatoms. The van der Waals surface area contributed by atoms with Crippen molar-refractivity contribution in [2.45, 2.75) is 44.5 Å². The molecule has 2 aromatic rings. The molecule has 1 amide bonds. The summed E-state index contributed by atoms with van der Waals surface area (Å²) in [6.45, 7) is 3.34. The summed E-state index contributed by atoms with van der Waals surface area (Å²) in [4.78, 5) is 16.0. The molecule has 140 valence electrons. The number of amides is 1. The summed E-state index contributed by atoms with van der Waals surface area (Å²) in [6, 6.07) is 6.90. The van der Waals surface area contributed by atoms with Crippen molar-refractivity contribution in [1.82, 2.24) is 10.3 Å². The van der Waals surface area contributed by atoms with Crippen LogP contribution >= 0.6 is 0 Å². The Hall–Kier alpha value is -2.41. The number of hydrogen-bond acceptors (Lipinski definition) is 3. The fraction of sp³-hybridized carbons (Fsp3) is 0.368. The van der Waals surface area contributed by atoms with Crippen molar-refractivity contribution in [3.63, 3.8) is 0 Å². The van der Waals surface area contributed by atoms with Crippen molar-refractivity contribution >= 4 is 5.91 Å². The van der Waals surface area contributed by atoms with Crippen LogP contribution in [0.3, 0.4) is 0 Å². The second-order valence-electron chi connectivity index (χ2n) is 6.75. The summed E-state index contributed by atoms with van der Waals surface area (Å²) in [5, 5.41) is 11.8. The molecule has 0 fully saturated rings. The molecule has 0 radical (unpaired) electrons. The number of nitrogens with zero attached hydrogens (tertiary/aromatic N) is 1. The molecule has 1 heterocycles. The van der Waals surface area contributed by atoms with Crippen LogP contribution in [0.15, 0.2) is 48.8 Å². The Morgan fingerprint density at radius 3 is 2.54 bits per heavy atom. The van der Waals surface area contributed by atoms with E-state index in [9.17, 15) is 23.1 Å². The standard InChI is InChI=1S/C19H21F3N2O2/c1-18(2,26)9-8-13-5-3-6-14(11-13)17(25)24-16(19(20,21)22)15-7-4-10-23-12-15/h3-7,10-12,16,26H,8-9H2,1-2H3,(H,24,25)/t16-/m1/s1. The van der Waals surface area contributed by atoms with Gasteiger partial charge in [-0.15, -0.1) is 0 Å². The SMILES string of the molecule is CC(C)(O)CCc1cccc(C(=O)N[C@H](c2cccnc2)C(F)(F)F)c1. The zero-order valence-electron chi connectivity index (χ0n) is 14.5. The second-order valence-corrected chi connectivity index (χ2v) is 6.75. The first-order valence-corrected chi connectivity index (χ1v) is 8.15. The maximum absolute atomic E-state index is 13.3. The summed E-state index contributed by atoms with van der Waals surface area (Å²) < 4.78 is 40.0. The Morgan fingerprint density at radius 2 is 1.96 bits per heavy atom. The van der Waals surface area contributed by atoms with Crippen LogP contribution in [-0.2, 0) is 6.42 Å². The van der Waals surface area contributed by atoms with Gasteiger partial charge in [0.25, 0.3) is 5.91 Å². The lowest BCUT2D eigenvalue weighted by Crippen LogP contribution is -2.38. The highest BCUT2D eigenvalue weighted by Crippen LogP contribution is 2.32. The van der Waals surface area contributed by atoms with Crippen molar-refractivity contribution in [3.05, 3.63) is 65.5 Å². The fourth-order valence-corrected chi connectivity index (χ4v) is 2.43. The van der Waals surface area contributed by atoms with Gasteiger partial charge < -0.3 is 10.4 Å². The van der Waals surface area contributed by atoms with Crippen LogP contribution in [-0.4, -0.2) is 27.8 Å². The minimum atomic E-state index is -4.64. The van der Waals surface area contributed by atoms with Gasteiger partial charge in [-0.05, 0) is 50.5 Å². The summed E-state index contributed by atoms with van der Waals surface area (Å²) in [7, 11) is 0. The molecule has 0 unspecified atom stereocenters. The van der Waals surface area contributed by atoms with E-state index in [-0.39, 0.29) is 11.1 Å². The van der Waals surface area contributed by atoms with E-state index in [1.54, 1.807) is 26.0 Å². The number of aryl methyl sites for hydroxylation is 1. The van der Waals surface area contributed by atoms with Crippen molar-refractivity contribution in [2.24, 2.45) is 0 Å². The van der Waals surface area contributed by atoms with Crippen molar-refractivity contribution < 1.29 is 23.1 Å². The molecule has 1 atom stereocenters. The van der Waals surface area contributed by atoms with Crippen LogP contribution in [0.1, 0.15) is 47.8 Å². The minimum Gasteiger partial charge on any atom is -0.390 e. The third-order valence-corrected chi connectivity index (χ3v) is 3.84. The van der Waals surface area contributed by atoms with E-state index < -0.39 is 23.7 Å². The van der Waals surface area contributed by atoms with E-state index in [1.807, 2.05) is 5.32 Å². The Balaban J connectivity index is 2.17. The first-order valence-electron chi connectivity index (χ1n) is 8.15. The molecule has 4 nitrogen and oxygen atoms in total. The van der Waals surface area contributed by atoms with Crippen LogP contribution < -0.4 is 5.32 Å². The highest BCUT2D eigenvalue weighted by atomic mass is 19.4. The molecule has 0 aliphatic heterocycles. The van der Waals surface area contributed by atoms with Crippen LogP contribution in [0.4, 0.5) is 13.2 Å². The number of aliphatic hydroxyl groups is 1.